The number of fused-ring (bicyclic) bond motifs is 1. The van der Waals surface area contributed by atoms with Gasteiger partial charge in [0.05, 0.1) is 6.61 Å². The van der Waals surface area contributed by atoms with Crippen LogP contribution in [0.4, 0.5) is 0 Å². The Bertz CT molecular complexity index is 883. The van der Waals surface area contributed by atoms with Crippen molar-refractivity contribution in [2.45, 2.75) is 25.4 Å². The van der Waals surface area contributed by atoms with Crippen LogP contribution in [0.2, 0.25) is 0 Å². The van der Waals surface area contributed by atoms with Gasteiger partial charge < -0.3 is 14.0 Å². The molecule has 0 radical (unpaired) electrons. The molecule has 5 rings (SSSR count). The van der Waals surface area contributed by atoms with Crippen molar-refractivity contribution in [2.75, 3.05) is 13.2 Å². The average Bonchev–Trinajstić information content (AvgIpc) is 3.41. The van der Waals surface area contributed by atoms with Crippen LogP contribution in [0.3, 0.4) is 0 Å². The van der Waals surface area contributed by atoms with Gasteiger partial charge in [0, 0.05) is 24.0 Å². The molecule has 2 aliphatic heterocycles. The van der Waals surface area contributed by atoms with E-state index in [9.17, 15) is 0 Å². The number of thiazole rings is 1. The second kappa shape index (κ2) is 5.68. The van der Waals surface area contributed by atoms with E-state index in [4.69, 9.17) is 14.0 Å². The molecule has 1 fully saturated rings. The molecule has 0 N–H and O–H groups in total. The molecule has 0 aliphatic carbocycles. The molecular weight excluding hydrogens is 326 g/mol. The Hall–Kier alpha value is -2.25. The van der Waals surface area contributed by atoms with E-state index in [0.717, 1.165) is 48.8 Å². The smallest absolute Gasteiger partial charge is 0.277 e. The Morgan fingerprint density at radius 1 is 1.17 bits per heavy atom. The fourth-order valence-corrected chi connectivity index (χ4v) is 3.95. The van der Waals surface area contributed by atoms with E-state index < -0.39 is 0 Å². The second-order valence-corrected chi connectivity index (χ2v) is 6.81. The third-order valence-corrected chi connectivity index (χ3v) is 5.26. The van der Waals surface area contributed by atoms with Gasteiger partial charge in [0.25, 0.3) is 5.89 Å². The minimum Gasteiger partial charge on any atom is -0.493 e. The largest absolute Gasteiger partial charge is 0.493 e. The van der Waals surface area contributed by atoms with Crippen LogP contribution in [0.1, 0.15) is 29.5 Å². The van der Waals surface area contributed by atoms with Crippen LogP contribution in [0, 0.1) is 0 Å². The van der Waals surface area contributed by atoms with Crippen molar-refractivity contribution in [1.82, 2.24) is 15.1 Å². The molecule has 4 heterocycles. The molecule has 1 atom stereocenters. The number of hydrogen-bond acceptors (Lipinski definition) is 7. The highest BCUT2D eigenvalue weighted by Crippen LogP contribution is 2.34. The highest BCUT2D eigenvalue weighted by atomic mass is 32.1. The van der Waals surface area contributed by atoms with Crippen LogP contribution in [-0.2, 0) is 11.2 Å². The van der Waals surface area contributed by atoms with Gasteiger partial charge in [-0.15, -0.1) is 11.3 Å². The Kier molecular flexibility index (Phi) is 3.34. The molecular formula is C17H15N3O3S. The van der Waals surface area contributed by atoms with Crippen molar-refractivity contribution in [3.05, 3.63) is 34.2 Å². The minimum absolute atomic E-state index is 0.114. The minimum atomic E-state index is 0.114. The number of nitrogens with zero attached hydrogens (tertiary/aromatic N) is 3. The van der Waals surface area contributed by atoms with Crippen LogP contribution in [0.15, 0.2) is 28.1 Å². The maximum atomic E-state index is 5.67. The van der Waals surface area contributed by atoms with Gasteiger partial charge in [-0.05, 0) is 36.6 Å². The summed E-state index contributed by atoms with van der Waals surface area (Å²) in [6, 6.07) is 5.99. The van der Waals surface area contributed by atoms with E-state index in [-0.39, 0.29) is 6.10 Å². The first kappa shape index (κ1) is 14.1. The lowest BCUT2D eigenvalue weighted by molar-refractivity contribution is 0.112. The van der Waals surface area contributed by atoms with Crippen LogP contribution in [0.5, 0.6) is 5.75 Å². The van der Waals surface area contributed by atoms with E-state index in [1.54, 1.807) is 11.3 Å². The monoisotopic (exact) mass is 341 g/mol. The zero-order chi connectivity index (χ0) is 15.9. The van der Waals surface area contributed by atoms with Crippen LogP contribution in [-0.4, -0.2) is 28.3 Å². The van der Waals surface area contributed by atoms with Gasteiger partial charge in [-0.25, -0.2) is 4.98 Å². The summed E-state index contributed by atoms with van der Waals surface area (Å²) in [6.45, 7) is 1.55. The maximum absolute atomic E-state index is 5.67. The first-order valence-electron chi connectivity index (χ1n) is 8.04. The lowest BCUT2D eigenvalue weighted by atomic mass is 10.1. The molecule has 24 heavy (non-hydrogen) atoms. The zero-order valence-corrected chi connectivity index (χ0v) is 13.7. The number of hydrogen-bond donors (Lipinski definition) is 0. The van der Waals surface area contributed by atoms with E-state index in [2.05, 4.69) is 21.2 Å². The van der Waals surface area contributed by atoms with Crippen LogP contribution in [0.25, 0.3) is 23.0 Å². The van der Waals surface area contributed by atoms with Gasteiger partial charge in [0.2, 0.25) is 5.82 Å². The Morgan fingerprint density at radius 2 is 2.17 bits per heavy atom. The van der Waals surface area contributed by atoms with Gasteiger partial charge in [0.1, 0.15) is 22.6 Å². The predicted molar refractivity (Wildman–Crippen MR) is 88.0 cm³/mol. The molecule has 0 bridgehead atoms. The molecule has 0 saturated carbocycles. The zero-order valence-electron chi connectivity index (χ0n) is 12.9. The van der Waals surface area contributed by atoms with Crippen molar-refractivity contribution in [1.29, 1.82) is 0 Å². The predicted octanol–water partition coefficient (Wildman–Crippen LogP) is 3.65. The number of benzene rings is 1. The van der Waals surface area contributed by atoms with Crippen molar-refractivity contribution in [3.63, 3.8) is 0 Å². The van der Waals surface area contributed by atoms with Crippen molar-refractivity contribution < 1.29 is 14.0 Å². The standard InChI is InChI=1S/C17H15N3O3S/c1-2-14(21-6-1)17-18-12(9-24-17)16-19-15(20-23-16)11-3-4-13-10(8-11)5-7-22-13/h3-4,8-9,14H,1-2,5-7H2/t14-/m1/s1. The first-order chi connectivity index (χ1) is 11.9. The molecule has 3 aromatic rings. The molecule has 0 unspecified atom stereocenters. The topological polar surface area (TPSA) is 70.3 Å². The van der Waals surface area contributed by atoms with Gasteiger partial charge in [0.15, 0.2) is 0 Å². The van der Waals surface area contributed by atoms with Crippen molar-refractivity contribution >= 4 is 11.3 Å². The summed E-state index contributed by atoms with van der Waals surface area (Å²) in [7, 11) is 0. The lowest BCUT2D eigenvalue weighted by Gasteiger charge is -2.02. The quantitative estimate of drug-likeness (QED) is 0.724. The highest BCUT2D eigenvalue weighted by Gasteiger charge is 2.23. The molecule has 2 aromatic heterocycles. The lowest BCUT2D eigenvalue weighted by Crippen LogP contribution is -1.94. The second-order valence-electron chi connectivity index (χ2n) is 5.92. The van der Waals surface area contributed by atoms with Crippen molar-refractivity contribution in [3.8, 4) is 28.7 Å². The molecule has 0 amide bonds. The summed E-state index contributed by atoms with van der Waals surface area (Å²) in [5, 5.41) is 7.03. The third-order valence-electron chi connectivity index (χ3n) is 4.32. The Morgan fingerprint density at radius 3 is 3.08 bits per heavy atom. The molecule has 2 aliphatic rings. The summed E-state index contributed by atoms with van der Waals surface area (Å²) in [4.78, 5) is 9.11. The summed E-state index contributed by atoms with van der Waals surface area (Å²) < 4.78 is 16.6. The third kappa shape index (κ3) is 2.40. The number of aromatic nitrogens is 3. The summed E-state index contributed by atoms with van der Waals surface area (Å²) in [5.41, 5.74) is 2.84. The van der Waals surface area contributed by atoms with Gasteiger partial charge in [-0.3, -0.25) is 0 Å². The fourth-order valence-electron chi connectivity index (χ4n) is 3.08. The summed E-state index contributed by atoms with van der Waals surface area (Å²) in [6.07, 6.45) is 3.15. The maximum Gasteiger partial charge on any atom is 0.277 e. The van der Waals surface area contributed by atoms with Gasteiger partial charge in [-0.1, -0.05) is 5.16 Å². The molecule has 7 heteroatoms. The normalized spacial score (nSPS) is 19.4. The Labute approximate surface area is 142 Å². The van der Waals surface area contributed by atoms with Crippen LogP contribution >= 0.6 is 11.3 Å². The number of rotatable bonds is 3. The average molecular weight is 341 g/mol. The SMILES string of the molecule is c1cc2c(cc1-c1noc(-c3csc([C@H]4CCCO4)n3)n1)CCO2. The fraction of sp³-hybridized carbons (Fsp3) is 0.353. The summed E-state index contributed by atoms with van der Waals surface area (Å²) in [5.74, 6) is 1.97. The summed E-state index contributed by atoms with van der Waals surface area (Å²) >= 11 is 1.58. The highest BCUT2D eigenvalue weighted by molar-refractivity contribution is 7.10. The van der Waals surface area contributed by atoms with E-state index >= 15 is 0 Å². The van der Waals surface area contributed by atoms with Crippen molar-refractivity contribution in [2.24, 2.45) is 0 Å². The van der Waals surface area contributed by atoms with E-state index in [0.29, 0.717) is 17.4 Å². The van der Waals surface area contributed by atoms with E-state index in [1.165, 1.54) is 5.56 Å². The molecule has 6 nitrogen and oxygen atoms in total. The molecule has 122 valence electrons. The van der Waals surface area contributed by atoms with Crippen LogP contribution < -0.4 is 4.74 Å². The first-order valence-corrected chi connectivity index (χ1v) is 8.92. The molecule has 1 saturated heterocycles. The number of ether oxygens (including phenoxy) is 2. The molecule has 0 spiro atoms. The van der Waals surface area contributed by atoms with E-state index in [1.807, 2.05) is 17.5 Å². The molecule has 1 aromatic carbocycles. The Balaban J connectivity index is 1.43. The van der Waals surface area contributed by atoms with Gasteiger partial charge in [-0.2, -0.15) is 4.98 Å². The van der Waals surface area contributed by atoms with Gasteiger partial charge >= 0.3 is 0 Å².